The van der Waals surface area contributed by atoms with Crippen LogP contribution in [0.2, 0.25) is 0 Å². The van der Waals surface area contributed by atoms with Crippen LogP contribution in [0, 0.1) is 13.8 Å². The van der Waals surface area contributed by atoms with Gasteiger partial charge >= 0.3 is 0 Å². The molecule has 0 saturated carbocycles. The van der Waals surface area contributed by atoms with E-state index >= 15 is 0 Å². The molecule has 1 aromatic carbocycles. The number of fused-ring (bicyclic) bond motifs is 1. The molecule has 0 radical (unpaired) electrons. The fourth-order valence-corrected chi connectivity index (χ4v) is 2.36. The Kier molecular flexibility index (Phi) is 4.07. The summed E-state index contributed by atoms with van der Waals surface area (Å²) in [5.41, 5.74) is 5.03. The summed E-state index contributed by atoms with van der Waals surface area (Å²) in [5.74, 6) is 1.10. The van der Waals surface area contributed by atoms with Gasteiger partial charge in [-0.1, -0.05) is 13.8 Å². The maximum Gasteiger partial charge on any atom is 0.134 e. The molecule has 2 rings (SSSR count). The summed E-state index contributed by atoms with van der Waals surface area (Å²) in [6.45, 7) is 10.6. The minimum Gasteiger partial charge on any atom is -0.459 e. The first-order valence-corrected chi connectivity index (χ1v) is 6.89. The lowest BCUT2D eigenvalue weighted by Crippen LogP contribution is -2.14. The first kappa shape index (κ1) is 13.2. The third-order valence-electron chi connectivity index (χ3n) is 3.56. The summed E-state index contributed by atoms with van der Waals surface area (Å²) in [6.07, 6.45) is 2.18. The van der Waals surface area contributed by atoms with Crippen molar-refractivity contribution in [1.82, 2.24) is 5.32 Å². The molecule has 18 heavy (non-hydrogen) atoms. The SMILES string of the molecule is CCCNCc1oc2cc(C)c(C)cc2c1CC. The van der Waals surface area contributed by atoms with Crippen LogP contribution in [0.3, 0.4) is 0 Å². The molecule has 0 aliphatic rings. The van der Waals surface area contributed by atoms with Crippen LogP contribution in [0.15, 0.2) is 16.5 Å². The molecule has 98 valence electrons. The smallest absolute Gasteiger partial charge is 0.134 e. The molecule has 2 nitrogen and oxygen atoms in total. The summed E-state index contributed by atoms with van der Waals surface area (Å²) >= 11 is 0. The van der Waals surface area contributed by atoms with Gasteiger partial charge in [0.25, 0.3) is 0 Å². The van der Waals surface area contributed by atoms with Crippen molar-refractivity contribution in [3.63, 3.8) is 0 Å². The van der Waals surface area contributed by atoms with E-state index in [-0.39, 0.29) is 0 Å². The number of hydrogen-bond donors (Lipinski definition) is 1. The average molecular weight is 245 g/mol. The van der Waals surface area contributed by atoms with Crippen molar-refractivity contribution in [2.24, 2.45) is 0 Å². The predicted molar refractivity (Wildman–Crippen MR) is 77.1 cm³/mol. The third-order valence-corrected chi connectivity index (χ3v) is 3.56. The summed E-state index contributed by atoms with van der Waals surface area (Å²) < 4.78 is 6.01. The summed E-state index contributed by atoms with van der Waals surface area (Å²) in [6, 6.07) is 4.42. The second-order valence-electron chi connectivity index (χ2n) is 4.97. The Morgan fingerprint density at radius 3 is 2.50 bits per heavy atom. The number of nitrogens with one attached hydrogen (secondary N) is 1. The number of aryl methyl sites for hydroxylation is 3. The lowest BCUT2D eigenvalue weighted by atomic mass is 10.0. The molecule has 0 saturated heterocycles. The largest absolute Gasteiger partial charge is 0.459 e. The highest BCUT2D eigenvalue weighted by Gasteiger charge is 2.13. The number of rotatable bonds is 5. The molecular formula is C16H23NO. The summed E-state index contributed by atoms with van der Waals surface area (Å²) in [4.78, 5) is 0. The van der Waals surface area contributed by atoms with Crippen LogP contribution in [0.5, 0.6) is 0 Å². The Morgan fingerprint density at radius 1 is 1.11 bits per heavy atom. The van der Waals surface area contributed by atoms with Gasteiger partial charge < -0.3 is 9.73 Å². The molecule has 0 amide bonds. The standard InChI is InChI=1S/C16H23NO/c1-5-7-17-10-16-13(6-2)14-8-11(3)12(4)9-15(14)18-16/h8-9,17H,5-7,10H2,1-4H3. The van der Waals surface area contributed by atoms with Crippen LogP contribution in [0.4, 0.5) is 0 Å². The van der Waals surface area contributed by atoms with Crippen LogP contribution in [-0.4, -0.2) is 6.54 Å². The monoisotopic (exact) mass is 245 g/mol. The molecule has 2 aromatic rings. The van der Waals surface area contributed by atoms with E-state index in [0.29, 0.717) is 0 Å². The lowest BCUT2D eigenvalue weighted by Gasteiger charge is -2.02. The van der Waals surface area contributed by atoms with Crippen LogP contribution in [0.25, 0.3) is 11.0 Å². The van der Waals surface area contributed by atoms with E-state index in [1.165, 1.54) is 22.1 Å². The van der Waals surface area contributed by atoms with Crippen molar-refractivity contribution < 1.29 is 4.42 Å². The Bertz CT molecular complexity index is 540. The molecule has 1 aromatic heterocycles. The molecule has 0 aliphatic heterocycles. The van der Waals surface area contributed by atoms with Gasteiger partial charge in [0.2, 0.25) is 0 Å². The molecule has 1 N–H and O–H groups in total. The zero-order valence-corrected chi connectivity index (χ0v) is 11.9. The zero-order valence-electron chi connectivity index (χ0n) is 11.9. The number of benzene rings is 1. The van der Waals surface area contributed by atoms with Crippen LogP contribution >= 0.6 is 0 Å². The first-order valence-electron chi connectivity index (χ1n) is 6.89. The molecule has 0 bridgehead atoms. The van der Waals surface area contributed by atoms with E-state index < -0.39 is 0 Å². The second kappa shape index (κ2) is 5.57. The molecule has 1 heterocycles. The molecular weight excluding hydrogens is 222 g/mol. The Morgan fingerprint density at radius 2 is 1.83 bits per heavy atom. The number of hydrogen-bond acceptors (Lipinski definition) is 2. The Balaban J connectivity index is 2.41. The van der Waals surface area contributed by atoms with Crippen molar-refractivity contribution in [1.29, 1.82) is 0 Å². The Labute approximate surface area is 109 Å². The second-order valence-corrected chi connectivity index (χ2v) is 4.97. The lowest BCUT2D eigenvalue weighted by molar-refractivity contribution is 0.508. The fraction of sp³-hybridized carbons (Fsp3) is 0.500. The van der Waals surface area contributed by atoms with E-state index in [0.717, 1.165) is 37.3 Å². The molecule has 0 aliphatic carbocycles. The maximum absolute atomic E-state index is 6.01. The minimum atomic E-state index is 0.837. The van der Waals surface area contributed by atoms with Crippen LogP contribution < -0.4 is 5.32 Å². The fourth-order valence-electron chi connectivity index (χ4n) is 2.36. The van der Waals surface area contributed by atoms with Gasteiger partial charge in [0.15, 0.2) is 0 Å². The van der Waals surface area contributed by atoms with Gasteiger partial charge in [0.1, 0.15) is 11.3 Å². The zero-order chi connectivity index (χ0) is 13.1. The normalized spacial score (nSPS) is 11.3. The van der Waals surface area contributed by atoms with Crippen molar-refractivity contribution in [3.05, 3.63) is 34.6 Å². The van der Waals surface area contributed by atoms with Gasteiger partial charge in [-0.2, -0.15) is 0 Å². The highest BCUT2D eigenvalue weighted by molar-refractivity contribution is 5.83. The molecule has 0 fully saturated rings. The number of furan rings is 1. The van der Waals surface area contributed by atoms with E-state index in [4.69, 9.17) is 4.42 Å². The van der Waals surface area contributed by atoms with Gasteiger partial charge in [-0.3, -0.25) is 0 Å². The van der Waals surface area contributed by atoms with Gasteiger partial charge in [0, 0.05) is 10.9 Å². The molecule has 0 spiro atoms. The van der Waals surface area contributed by atoms with E-state index in [1.807, 2.05) is 0 Å². The highest BCUT2D eigenvalue weighted by Crippen LogP contribution is 2.29. The van der Waals surface area contributed by atoms with Gasteiger partial charge in [0.05, 0.1) is 6.54 Å². The van der Waals surface area contributed by atoms with Crippen molar-refractivity contribution in [2.45, 2.75) is 47.1 Å². The molecule has 0 atom stereocenters. The van der Waals surface area contributed by atoms with Crippen LogP contribution in [0.1, 0.15) is 42.7 Å². The summed E-state index contributed by atoms with van der Waals surface area (Å²) in [7, 11) is 0. The van der Waals surface area contributed by atoms with Crippen molar-refractivity contribution in [3.8, 4) is 0 Å². The van der Waals surface area contributed by atoms with Gasteiger partial charge in [-0.15, -0.1) is 0 Å². The molecule has 2 heteroatoms. The van der Waals surface area contributed by atoms with Crippen LogP contribution in [-0.2, 0) is 13.0 Å². The first-order chi connectivity index (χ1) is 8.67. The van der Waals surface area contributed by atoms with E-state index in [2.05, 4.69) is 45.1 Å². The van der Waals surface area contributed by atoms with Gasteiger partial charge in [-0.05, 0) is 56.5 Å². The van der Waals surface area contributed by atoms with Gasteiger partial charge in [-0.25, -0.2) is 0 Å². The third kappa shape index (κ3) is 2.44. The Hall–Kier alpha value is -1.28. The van der Waals surface area contributed by atoms with Crippen molar-refractivity contribution >= 4 is 11.0 Å². The quantitative estimate of drug-likeness (QED) is 0.802. The highest BCUT2D eigenvalue weighted by atomic mass is 16.3. The van der Waals surface area contributed by atoms with E-state index in [9.17, 15) is 0 Å². The topological polar surface area (TPSA) is 25.2 Å². The maximum atomic E-state index is 6.01. The molecule has 0 unspecified atom stereocenters. The minimum absolute atomic E-state index is 0.837. The van der Waals surface area contributed by atoms with Crippen molar-refractivity contribution in [2.75, 3.05) is 6.54 Å². The van der Waals surface area contributed by atoms with E-state index in [1.54, 1.807) is 0 Å². The predicted octanol–water partition coefficient (Wildman–Crippen LogP) is 4.11. The average Bonchev–Trinajstić information content (AvgIpc) is 2.67. The summed E-state index contributed by atoms with van der Waals surface area (Å²) in [5, 5.41) is 4.71.